The van der Waals surface area contributed by atoms with E-state index in [1.54, 1.807) is 11.7 Å². The predicted molar refractivity (Wildman–Crippen MR) is 63.8 cm³/mol. The molecule has 0 saturated carbocycles. The summed E-state index contributed by atoms with van der Waals surface area (Å²) >= 11 is 1.43. The predicted octanol–water partition coefficient (Wildman–Crippen LogP) is 1.20. The van der Waals surface area contributed by atoms with Crippen molar-refractivity contribution in [1.82, 2.24) is 15.6 Å². The molecule has 0 aliphatic carbocycles. The van der Waals surface area contributed by atoms with Crippen molar-refractivity contribution in [2.75, 3.05) is 0 Å². The molecule has 1 aromatic rings. The van der Waals surface area contributed by atoms with E-state index in [9.17, 15) is 9.59 Å². The lowest BCUT2D eigenvalue weighted by atomic mass is 10.2. The lowest BCUT2D eigenvalue weighted by Gasteiger charge is -2.13. The molecule has 7 heteroatoms. The number of amides is 2. The van der Waals surface area contributed by atoms with Crippen LogP contribution >= 0.6 is 11.3 Å². The fourth-order valence-corrected chi connectivity index (χ4v) is 1.79. The Bertz CT molecular complexity index is 367. The maximum atomic E-state index is 11.4. The lowest BCUT2D eigenvalue weighted by Crippen LogP contribution is -2.45. The number of thiazole rings is 1. The van der Waals surface area contributed by atoms with E-state index in [0.717, 1.165) is 4.88 Å². The third kappa shape index (κ3) is 4.81. The molecule has 0 aromatic carbocycles. The Balaban J connectivity index is 2.34. The first-order valence-corrected chi connectivity index (χ1v) is 6.16. The number of nitrogens with one attached hydrogen (secondary N) is 2. The van der Waals surface area contributed by atoms with E-state index in [1.807, 2.05) is 6.92 Å². The highest BCUT2D eigenvalue weighted by atomic mass is 32.1. The molecule has 3 N–H and O–H groups in total. The third-order valence-electron chi connectivity index (χ3n) is 2.09. The quantitative estimate of drug-likeness (QED) is 0.714. The number of aromatic nitrogens is 1. The van der Waals surface area contributed by atoms with Crippen molar-refractivity contribution in [2.45, 2.75) is 32.4 Å². The summed E-state index contributed by atoms with van der Waals surface area (Å²) in [6, 6.07) is -1.30. The maximum Gasteiger partial charge on any atom is 0.326 e. The fraction of sp³-hybridized carbons (Fsp3) is 0.500. The summed E-state index contributed by atoms with van der Waals surface area (Å²) in [5.74, 6) is -1.01. The second-order valence-corrected chi connectivity index (χ2v) is 4.45. The fourth-order valence-electron chi connectivity index (χ4n) is 1.25. The number of hydrogen-bond acceptors (Lipinski definition) is 4. The van der Waals surface area contributed by atoms with Crippen LogP contribution in [0.5, 0.6) is 0 Å². The number of aliphatic carboxylic acids is 1. The zero-order valence-electron chi connectivity index (χ0n) is 9.47. The molecule has 0 fully saturated rings. The minimum Gasteiger partial charge on any atom is -0.480 e. The normalized spacial score (nSPS) is 11.8. The second-order valence-electron chi connectivity index (χ2n) is 3.47. The van der Waals surface area contributed by atoms with Gasteiger partial charge in [-0.3, -0.25) is 4.98 Å². The molecule has 6 nitrogen and oxygen atoms in total. The van der Waals surface area contributed by atoms with Crippen molar-refractivity contribution >= 4 is 23.3 Å². The minimum absolute atomic E-state index is 0.356. The van der Waals surface area contributed by atoms with E-state index in [2.05, 4.69) is 15.6 Å². The van der Waals surface area contributed by atoms with E-state index in [1.165, 1.54) is 11.3 Å². The molecular formula is C10H15N3O3S. The zero-order valence-corrected chi connectivity index (χ0v) is 10.3. The smallest absolute Gasteiger partial charge is 0.326 e. The van der Waals surface area contributed by atoms with E-state index < -0.39 is 18.0 Å². The van der Waals surface area contributed by atoms with E-state index in [-0.39, 0.29) is 0 Å². The first kappa shape index (κ1) is 13.4. The number of urea groups is 1. The monoisotopic (exact) mass is 257 g/mol. The highest BCUT2D eigenvalue weighted by Crippen LogP contribution is 2.04. The molecule has 0 radical (unpaired) electrons. The van der Waals surface area contributed by atoms with Gasteiger partial charge in [0.2, 0.25) is 0 Å². The van der Waals surface area contributed by atoms with E-state index in [0.29, 0.717) is 19.4 Å². The Hall–Kier alpha value is -1.63. The van der Waals surface area contributed by atoms with Crippen LogP contribution in [0.15, 0.2) is 11.7 Å². The summed E-state index contributed by atoms with van der Waals surface area (Å²) in [5.41, 5.74) is 1.67. The Kier molecular flexibility index (Phi) is 5.41. The molecule has 1 rings (SSSR count). The van der Waals surface area contributed by atoms with Crippen molar-refractivity contribution in [3.8, 4) is 0 Å². The molecule has 17 heavy (non-hydrogen) atoms. The highest BCUT2D eigenvalue weighted by Gasteiger charge is 2.18. The van der Waals surface area contributed by atoms with Crippen LogP contribution < -0.4 is 10.6 Å². The van der Waals surface area contributed by atoms with E-state index >= 15 is 0 Å². The van der Waals surface area contributed by atoms with Gasteiger partial charge in [-0.1, -0.05) is 13.3 Å². The van der Waals surface area contributed by atoms with Crippen molar-refractivity contribution in [2.24, 2.45) is 0 Å². The average molecular weight is 257 g/mol. The summed E-state index contributed by atoms with van der Waals surface area (Å²) < 4.78 is 0. The van der Waals surface area contributed by atoms with Crippen molar-refractivity contribution in [3.63, 3.8) is 0 Å². The van der Waals surface area contributed by atoms with Crippen LogP contribution in [0.4, 0.5) is 4.79 Å². The van der Waals surface area contributed by atoms with Gasteiger partial charge in [-0.2, -0.15) is 0 Å². The second kappa shape index (κ2) is 6.85. The standard InChI is InChI=1S/C10H15N3O3S/c1-2-3-8(9(14)15)13-10(16)12-5-7-4-11-6-17-7/h4,6,8H,2-3,5H2,1H3,(H,14,15)(H2,12,13,16)/t8-/m0/s1. The molecule has 1 atom stereocenters. The zero-order chi connectivity index (χ0) is 12.7. The van der Waals surface area contributed by atoms with Gasteiger partial charge in [0.25, 0.3) is 0 Å². The van der Waals surface area contributed by atoms with Gasteiger partial charge in [0.1, 0.15) is 6.04 Å². The van der Waals surface area contributed by atoms with Gasteiger partial charge >= 0.3 is 12.0 Å². The number of carbonyl (C=O) groups is 2. The first-order valence-electron chi connectivity index (χ1n) is 5.28. The largest absolute Gasteiger partial charge is 0.480 e. The summed E-state index contributed by atoms with van der Waals surface area (Å²) in [6.07, 6.45) is 2.78. The summed E-state index contributed by atoms with van der Waals surface area (Å²) in [4.78, 5) is 27.0. The van der Waals surface area contributed by atoms with Gasteiger partial charge in [0.15, 0.2) is 0 Å². The average Bonchev–Trinajstić information content (AvgIpc) is 2.78. The molecule has 1 heterocycles. The van der Waals surface area contributed by atoms with Crippen LogP contribution in [0, 0.1) is 0 Å². The van der Waals surface area contributed by atoms with Crippen molar-refractivity contribution in [1.29, 1.82) is 0 Å². The van der Waals surface area contributed by atoms with E-state index in [4.69, 9.17) is 5.11 Å². The van der Waals surface area contributed by atoms with Crippen molar-refractivity contribution in [3.05, 3.63) is 16.6 Å². The molecule has 0 aliphatic heterocycles. The van der Waals surface area contributed by atoms with Crippen LogP contribution in [0.25, 0.3) is 0 Å². The molecule has 1 aromatic heterocycles. The summed E-state index contributed by atoms with van der Waals surface area (Å²) in [5, 5.41) is 13.9. The van der Waals surface area contributed by atoms with Gasteiger partial charge in [-0.25, -0.2) is 9.59 Å². The molecule has 0 aliphatic rings. The third-order valence-corrected chi connectivity index (χ3v) is 2.87. The van der Waals surface area contributed by atoms with Crippen molar-refractivity contribution < 1.29 is 14.7 Å². The molecule has 2 amide bonds. The van der Waals surface area contributed by atoms with Gasteiger partial charge in [-0.15, -0.1) is 11.3 Å². The molecule has 0 bridgehead atoms. The number of rotatable bonds is 6. The molecule has 94 valence electrons. The van der Waals surface area contributed by atoms with Crippen LogP contribution in [0.2, 0.25) is 0 Å². The van der Waals surface area contributed by atoms with Crippen LogP contribution in [-0.4, -0.2) is 28.1 Å². The molecular weight excluding hydrogens is 242 g/mol. The van der Waals surface area contributed by atoms with Gasteiger partial charge in [0, 0.05) is 11.1 Å². The maximum absolute atomic E-state index is 11.4. The van der Waals surface area contributed by atoms with Gasteiger partial charge in [-0.05, 0) is 6.42 Å². The lowest BCUT2D eigenvalue weighted by molar-refractivity contribution is -0.139. The van der Waals surface area contributed by atoms with Crippen LogP contribution in [0.1, 0.15) is 24.6 Å². The highest BCUT2D eigenvalue weighted by molar-refractivity contribution is 7.09. The molecule has 0 spiro atoms. The number of carbonyl (C=O) groups excluding carboxylic acids is 1. The molecule has 0 unspecified atom stereocenters. The summed E-state index contributed by atoms with van der Waals surface area (Å²) in [7, 11) is 0. The van der Waals surface area contributed by atoms with Crippen LogP contribution in [-0.2, 0) is 11.3 Å². The SMILES string of the molecule is CCC[C@H](NC(=O)NCc1cncs1)C(=O)O. The minimum atomic E-state index is -1.01. The Morgan fingerprint density at radius 3 is 2.88 bits per heavy atom. The molecule has 0 saturated heterocycles. The Labute approximate surface area is 103 Å². The summed E-state index contributed by atoms with van der Waals surface area (Å²) in [6.45, 7) is 2.22. The number of carboxylic acids is 1. The first-order chi connectivity index (χ1) is 8.13. The Morgan fingerprint density at radius 1 is 1.59 bits per heavy atom. The topological polar surface area (TPSA) is 91.3 Å². The Morgan fingerprint density at radius 2 is 2.35 bits per heavy atom. The van der Waals surface area contributed by atoms with Gasteiger partial charge < -0.3 is 15.7 Å². The number of carboxylic acid groups (broad SMARTS) is 1. The van der Waals surface area contributed by atoms with Crippen LogP contribution in [0.3, 0.4) is 0 Å². The number of hydrogen-bond donors (Lipinski definition) is 3. The van der Waals surface area contributed by atoms with Gasteiger partial charge in [0.05, 0.1) is 12.1 Å². The number of nitrogens with zero attached hydrogens (tertiary/aromatic N) is 1.